The lowest BCUT2D eigenvalue weighted by Crippen LogP contribution is -2.28. The summed E-state index contributed by atoms with van der Waals surface area (Å²) in [7, 11) is -4.25. The van der Waals surface area contributed by atoms with Crippen LogP contribution in [0.4, 0.5) is 0 Å². The molecule has 0 aliphatic carbocycles. The fourth-order valence-corrected chi connectivity index (χ4v) is 2.35. The normalized spacial score (nSPS) is 14.6. The van der Waals surface area contributed by atoms with Gasteiger partial charge in [0.05, 0.1) is 11.0 Å². The van der Waals surface area contributed by atoms with Gasteiger partial charge in [0.25, 0.3) is 10.1 Å². The zero-order chi connectivity index (χ0) is 14.1. The monoisotopic (exact) mass is 272 g/mol. The van der Waals surface area contributed by atoms with Gasteiger partial charge in [-0.25, -0.2) is 0 Å². The van der Waals surface area contributed by atoms with Crippen molar-refractivity contribution < 1.29 is 18.1 Å². The summed E-state index contributed by atoms with van der Waals surface area (Å²) in [6, 6.07) is 4.67. The fourth-order valence-electron chi connectivity index (χ4n) is 1.63. The molecule has 0 spiro atoms. The number of aryl methyl sites for hydroxylation is 1. The zero-order valence-electron chi connectivity index (χ0n) is 11.1. The van der Waals surface area contributed by atoms with E-state index >= 15 is 0 Å². The average molecular weight is 272 g/mol. The Morgan fingerprint density at radius 1 is 1.28 bits per heavy atom. The Kier molecular flexibility index (Phi) is 4.20. The highest BCUT2D eigenvalue weighted by Crippen LogP contribution is 2.26. The first-order valence-electron chi connectivity index (χ1n) is 5.77. The molecule has 0 aliphatic rings. The predicted octanol–water partition coefficient (Wildman–Crippen LogP) is 2.19. The highest BCUT2D eigenvalue weighted by atomic mass is 32.2. The first-order valence-corrected chi connectivity index (χ1v) is 7.21. The Morgan fingerprint density at radius 2 is 1.83 bits per heavy atom. The molecule has 0 amide bonds. The average Bonchev–Trinajstić information content (AvgIpc) is 2.13. The highest BCUT2D eigenvalue weighted by Gasteiger charge is 2.25. The van der Waals surface area contributed by atoms with Crippen LogP contribution in [0.25, 0.3) is 0 Å². The number of benzene rings is 1. The second kappa shape index (κ2) is 4.99. The van der Waals surface area contributed by atoms with Crippen LogP contribution in [0.3, 0.4) is 0 Å². The van der Waals surface area contributed by atoms with Gasteiger partial charge in [-0.2, -0.15) is 8.42 Å². The maximum atomic E-state index is 11.3. The molecular weight excluding hydrogens is 252 g/mol. The van der Waals surface area contributed by atoms with Gasteiger partial charge in [0.15, 0.2) is 0 Å². The quantitative estimate of drug-likeness (QED) is 0.827. The Morgan fingerprint density at radius 3 is 2.28 bits per heavy atom. The maximum absolute atomic E-state index is 11.3. The Hall–Kier alpha value is -0.910. The van der Waals surface area contributed by atoms with Gasteiger partial charge in [0, 0.05) is 6.42 Å². The Bertz CT molecular complexity index is 526. The van der Waals surface area contributed by atoms with Gasteiger partial charge >= 0.3 is 0 Å². The summed E-state index contributed by atoms with van der Waals surface area (Å²) in [6.45, 7) is 7.46. The molecule has 1 aromatic rings. The van der Waals surface area contributed by atoms with E-state index in [1.54, 1.807) is 12.1 Å². The molecule has 1 atom stereocenters. The molecule has 0 saturated carbocycles. The van der Waals surface area contributed by atoms with E-state index in [1.165, 1.54) is 6.07 Å². The SMILES string of the molecule is Cc1ccc(S(=O)(=O)O)c(CC(O)C(C)(C)C)c1. The molecular formula is C13H20O4S. The van der Waals surface area contributed by atoms with Crippen molar-refractivity contribution in [2.75, 3.05) is 0 Å². The van der Waals surface area contributed by atoms with Crippen LogP contribution in [-0.4, -0.2) is 24.2 Å². The van der Waals surface area contributed by atoms with E-state index in [0.717, 1.165) is 5.56 Å². The molecule has 1 rings (SSSR count). The van der Waals surface area contributed by atoms with Gasteiger partial charge in [-0.15, -0.1) is 0 Å². The second-order valence-electron chi connectivity index (χ2n) is 5.67. The van der Waals surface area contributed by atoms with Gasteiger partial charge in [0.1, 0.15) is 0 Å². The molecule has 1 unspecified atom stereocenters. The van der Waals surface area contributed by atoms with Crippen molar-refractivity contribution in [2.24, 2.45) is 5.41 Å². The van der Waals surface area contributed by atoms with Crippen LogP contribution in [0.5, 0.6) is 0 Å². The van der Waals surface area contributed by atoms with Gasteiger partial charge in [0.2, 0.25) is 0 Å². The zero-order valence-corrected chi connectivity index (χ0v) is 12.0. The molecule has 0 heterocycles. The molecule has 2 N–H and O–H groups in total. The predicted molar refractivity (Wildman–Crippen MR) is 70.2 cm³/mol. The van der Waals surface area contributed by atoms with Crippen molar-refractivity contribution in [3.05, 3.63) is 29.3 Å². The largest absolute Gasteiger partial charge is 0.392 e. The smallest absolute Gasteiger partial charge is 0.294 e. The molecule has 0 aliphatic heterocycles. The summed E-state index contributed by atoms with van der Waals surface area (Å²) in [5.74, 6) is 0. The van der Waals surface area contributed by atoms with Crippen LogP contribution in [0.15, 0.2) is 23.1 Å². The van der Waals surface area contributed by atoms with Crippen LogP contribution >= 0.6 is 0 Å². The maximum Gasteiger partial charge on any atom is 0.294 e. The molecule has 18 heavy (non-hydrogen) atoms. The first-order chi connectivity index (χ1) is 8.01. The van der Waals surface area contributed by atoms with Crippen molar-refractivity contribution in [1.29, 1.82) is 0 Å². The molecule has 0 bridgehead atoms. The molecule has 0 fully saturated rings. The van der Waals surface area contributed by atoms with Crippen molar-refractivity contribution in [1.82, 2.24) is 0 Å². The Labute approximate surface area is 108 Å². The minimum atomic E-state index is -4.25. The third-order valence-corrected chi connectivity index (χ3v) is 3.86. The van der Waals surface area contributed by atoms with Crippen molar-refractivity contribution in [3.8, 4) is 0 Å². The number of hydrogen-bond acceptors (Lipinski definition) is 3. The molecule has 0 radical (unpaired) electrons. The number of aliphatic hydroxyl groups excluding tert-OH is 1. The van der Waals surface area contributed by atoms with Crippen molar-refractivity contribution in [3.63, 3.8) is 0 Å². The van der Waals surface area contributed by atoms with Gasteiger partial charge < -0.3 is 5.11 Å². The summed E-state index contributed by atoms with van der Waals surface area (Å²) in [5, 5.41) is 10.0. The van der Waals surface area contributed by atoms with Crippen LogP contribution in [0.2, 0.25) is 0 Å². The summed E-state index contributed by atoms with van der Waals surface area (Å²) in [6.07, 6.45) is -0.486. The van der Waals surface area contributed by atoms with Gasteiger partial charge in [-0.1, -0.05) is 38.5 Å². The molecule has 5 heteroatoms. The number of rotatable bonds is 3. The van der Waals surface area contributed by atoms with E-state index in [2.05, 4.69) is 0 Å². The lowest BCUT2D eigenvalue weighted by Gasteiger charge is -2.26. The molecule has 102 valence electrons. The van der Waals surface area contributed by atoms with Crippen LogP contribution < -0.4 is 0 Å². The van der Waals surface area contributed by atoms with Crippen molar-refractivity contribution in [2.45, 2.75) is 45.1 Å². The third-order valence-electron chi connectivity index (χ3n) is 2.91. The number of aliphatic hydroxyl groups is 1. The highest BCUT2D eigenvalue weighted by molar-refractivity contribution is 7.85. The third kappa shape index (κ3) is 3.80. The fraction of sp³-hybridized carbons (Fsp3) is 0.538. The molecule has 4 nitrogen and oxygen atoms in total. The van der Waals surface area contributed by atoms with E-state index in [-0.39, 0.29) is 16.7 Å². The van der Waals surface area contributed by atoms with E-state index < -0.39 is 16.2 Å². The standard InChI is InChI=1S/C13H20O4S/c1-9-5-6-11(18(15,16)17)10(7-9)8-12(14)13(2,3)4/h5-7,12,14H,8H2,1-4H3,(H,15,16,17). The molecule has 0 saturated heterocycles. The molecule has 1 aromatic carbocycles. The van der Waals surface area contributed by atoms with E-state index in [0.29, 0.717) is 5.56 Å². The lowest BCUT2D eigenvalue weighted by molar-refractivity contribution is 0.0630. The van der Waals surface area contributed by atoms with Crippen LogP contribution in [0, 0.1) is 12.3 Å². The van der Waals surface area contributed by atoms with Crippen molar-refractivity contribution >= 4 is 10.1 Å². The summed E-state index contributed by atoms with van der Waals surface area (Å²) in [5.41, 5.74) is 0.985. The van der Waals surface area contributed by atoms with Crippen LogP contribution in [0.1, 0.15) is 31.9 Å². The summed E-state index contributed by atoms with van der Waals surface area (Å²) < 4.78 is 31.7. The van der Waals surface area contributed by atoms with E-state index in [9.17, 15) is 13.5 Å². The second-order valence-corrected chi connectivity index (χ2v) is 7.06. The summed E-state index contributed by atoms with van der Waals surface area (Å²) in [4.78, 5) is -0.128. The molecule has 0 aromatic heterocycles. The lowest BCUT2D eigenvalue weighted by atomic mass is 9.85. The van der Waals surface area contributed by atoms with Crippen LogP contribution in [-0.2, 0) is 16.5 Å². The first kappa shape index (κ1) is 15.1. The van der Waals surface area contributed by atoms with Gasteiger partial charge in [-0.05, 0) is 24.0 Å². The van der Waals surface area contributed by atoms with Gasteiger partial charge in [-0.3, -0.25) is 4.55 Å². The number of hydrogen-bond donors (Lipinski definition) is 2. The van der Waals surface area contributed by atoms with E-state index in [1.807, 2.05) is 27.7 Å². The van der Waals surface area contributed by atoms with E-state index in [4.69, 9.17) is 4.55 Å². The summed E-state index contributed by atoms with van der Waals surface area (Å²) >= 11 is 0. The Balaban J connectivity index is 3.20. The topological polar surface area (TPSA) is 74.6 Å². The minimum absolute atomic E-state index is 0.128. The minimum Gasteiger partial charge on any atom is -0.392 e.